The Balaban J connectivity index is 0.00000272. The lowest BCUT2D eigenvalue weighted by Crippen LogP contribution is -2.47. The lowest BCUT2D eigenvalue weighted by Gasteiger charge is -2.23. The Labute approximate surface area is 184 Å². The molecule has 31 heavy (non-hydrogen) atoms. The van der Waals surface area contributed by atoms with Crippen LogP contribution in [-0.2, 0) is 11.0 Å². The van der Waals surface area contributed by atoms with E-state index in [1.807, 2.05) is 6.07 Å². The first-order chi connectivity index (χ1) is 14.1. The number of pyridine rings is 1. The molecule has 0 saturated carbocycles. The first-order valence-corrected chi connectivity index (χ1v) is 9.76. The molecule has 2 atom stereocenters. The van der Waals surface area contributed by atoms with Gasteiger partial charge in [-0.2, -0.15) is 18.4 Å². The van der Waals surface area contributed by atoms with Gasteiger partial charge in [-0.15, -0.1) is 12.4 Å². The number of halogens is 4. The summed E-state index contributed by atoms with van der Waals surface area (Å²) in [6.45, 7) is 2.46. The summed E-state index contributed by atoms with van der Waals surface area (Å²) in [6.07, 6.45) is -2.37. The van der Waals surface area contributed by atoms with Gasteiger partial charge in [0.15, 0.2) is 0 Å². The summed E-state index contributed by atoms with van der Waals surface area (Å²) in [5, 5.41) is 12.8. The number of benzene rings is 1. The minimum Gasteiger partial charge on any atom is -0.344 e. The molecule has 0 bridgehead atoms. The van der Waals surface area contributed by atoms with Crippen molar-refractivity contribution in [1.29, 1.82) is 5.26 Å². The average Bonchev–Trinajstić information content (AvgIpc) is 3.26. The van der Waals surface area contributed by atoms with Crippen LogP contribution in [0.25, 0.3) is 11.1 Å². The van der Waals surface area contributed by atoms with Gasteiger partial charge in [-0.05, 0) is 62.1 Å². The molecule has 3 heterocycles. The van der Waals surface area contributed by atoms with Gasteiger partial charge in [-0.25, -0.2) is 0 Å². The Kier molecular flexibility index (Phi) is 6.05. The lowest BCUT2D eigenvalue weighted by atomic mass is 9.95. The molecule has 164 valence electrons. The molecule has 1 amide bonds. The molecule has 0 radical (unpaired) electrons. The van der Waals surface area contributed by atoms with Gasteiger partial charge in [0.1, 0.15) is 5.54 Å². The molecule has 2 aliphatic rings. The molecule has 4 rings (SSSR count). The van der Waals surface area contributed by atoms with Gasteiger partial charge in [0, 0.05) is 24.8 Å². The molecule has 1 spiro atoms. The van der Waals surface area contributed by atoms with Gasteiger partial charge in [0.2, 0.25) is 5.91 Å². The van der Waals surface area contributed by atoms with E-state index in [1.54, 1.807) is 31.0 Å². The minimum atomic E-state index is -4.50. The summed E-state index contributed by atoms with van der Waals surface area (Å²) in [6, 6.07) is 8.34. The highest BCUT2D eigenvalue weighted by Crippen LogP contribution is 2.40. The molecule has 2 saturated heterocycles. The number of nitrogens with zero attached hydrogens (tertiary/aromatic N) is 3. The highest BCUT2D eigenvalue weighted by molar-refractivity contribution is 5.88. The SMILES string of the molecule is Cc1cc(-c2cc(C(F)(F)F)ccc2C#N)cc([C@@H]2CC[C@]3(CCN(C)C3=O)N2)n1.Cl. The number of likely N-dealkylation sites (N-methyl/N-ethyl adjacent to an activating group) is 1. The van der Waals surface area contributed by atoms with Gasteiger partial charge >= 0.3 is 6.18 Å². The van der Waals surface area contributed by atoms with Gasteiger partial charge in [-0.1, -0.05) is 0 Å². The number of alkyl halides is 3. The normalized spacial score (nSPS) is 23.2. The number of aryl methyl sites for hydroxylation is 1. The Bertz CT molecular complexity index is 1070. The summed E-state index contributed by atoms with van der Waals surface area (Å²) in [7, 11) is 1.78. The Morgan fingerprint density at radius 3 is 2.61 bits per heavy atom. The molecule has 0 aliphatic carbocycles. The maximum atomic E-state index is 13.2. The van der Waals surface area contributed by atoms with Crippen molar-refractivity contribution in [2.24, 2.45) is 0 Å². The van der Waals surface area contributed by atoms with E-state index < -0.39 is 17.3 Å². The summed E-state index contributed by atoms with van der Waals surface area (Å²) in [5.41, 5.74) is 0.833. The van der Waals surface area contributed by atoms with Crippen LogP contribution < -0.4 is 5.32 Å². The summed E-state index contributed by atoms with van der Waals surface area (Å²) in [5.74, 6) is 0.0718. The zero-order valence-corrected chi connectivity index (χ0v) is 17.9. The van der Waals surface area contributed by atoms with E-state index >= 15 is 0 Å². The number of hydrogen-bond donors (Lipinski definition) is 1. The summed E-state index contributed by atoms with van der Waals surface area (Å²) >= 11 is 0. The van der Waals surface area contributed by atoms with Crippen LogP contribution in [0.15, 0.2) is 30.3 Å². The van der Waals surface area contributed by atoms with Gasteiger partial charge in [-0.3, -0.25) is 15.1 Å². The fourth-order valence-electron chi connectivity index (χ4n) is 4.47. The second kappa shape index (κ2) is 8.13. The van der Waals surface area contributed by atoms with Crippen LogP contribution in [0.5, 0.6) is 0 Å². The van der Waals surface area contributed by atoms with Gasteiger partial charge in [0.25, 0.3) is 0 Å². The molecule has 9 heteroatoms. The summed E-state index contributed by atoms with van der Waals surface area (Å²) in [4.78, 5) is 18.9. The molecule has 1 aromatic carbocycles. The molecule has 5 nitrogen and oxygen atoms in total. The monoisotopic (exact) mass is 450 g/mol. The number of nitrogens with one attached hydrogen (secondary N) is 1. The number of amides is 1. The van der Waals surface area contributed by atoms with Crippen molar-refractivity contribution in [3.8, 4) is 17.2 Å². The fraction of sp³-hybridized carbons (Fsp3) is 0.409. The highest BCUT2D eigenvalue weighted by Gasteiger charge is 2.50. The van der Waals surface area contributed by atoms with E-state index in [-0.39, 0.29) is 35.5 Å². The number of likely N-dealkylation sites (tertiary alicyclic amines) is 1. The molecular formula is C22H22ClF3N4O. The lowest BCUT2D eigenvalue weighted by molar-refractivity contribution is -0.137. The topological polar surface area (TPSA) is 69.0 Å². The van der Waals surface area contributed by atoms with E-state index in [0.29, 0.717) is 36.3 Å². The smallest absolute Gasteiger partial charge is 0.344 e. The highest BCUT2D eigenvalue weighted by atomic mass is 35.5. The summed E-state index contributed by atoms with van der Waals surface area (Å²) < 4.78 is 39.7. The molecule has 2 fully saturated rings. The number of carbonyl (C=O) groups excluding carboxylic acids is 1. The quantitative estimate of drug-likeness (QED) is 0.736. The van der Waals surface area contributed by atoms with Crippen LogP contribution in [0.1, 0.15) is 47.8 Å². The van der Waals surface area contributed by atoms with E-state index in [4.69, 9.17) is 0 Å². The van der Waals surface area contributed by atoms with Gasteiger partial charge < -0.3 is 4.90 Å². The van der Waals surface area contributed by atoms with E-state index in [2.05, 4.69) is 10.3 Å². The third-order valence-electron chi connectivity index (χ3n) is 6.05. The van der Waals surface area contributed by atoms with Crippen LogP contribution in [-0.4, -0.2) is 34.9 Å². The van der Waals surface area contributed by atoms with Crippen molar-refractivity contribution in [2.75, 3.05) is 13.6 Å². The average molecular weight is 451 g/mol. The number of nitriles is 1. The van der Waals surface area contributed by atoms with Crippen molar-refractivity contribution >= 4 is 18.3 Å². The standard InChI is InChI=1S/C22H21F3N4O.ClH/c1-13-9-15(17-11-16(22(23,24)25)4-3-14(17)12-26)10-19(27-13)18-5-6-21(28-18)7-8-29(2)20(21)30;/h3-4,9-11,18,28H,5-8H2,1-2H3;1H/t18-,21+;/m0./s1. The predicted octanol–water partition coefficient (Wildman–Crippen LogP) is 4.39. The van der Waals surface area contributed by atoms with Crippen molar-refractivity contribution in [3.63, 3.8) is 0 Å². The number of carbonyl (C=O) groups is 1. The van der Waals surface area contributed by atoms with Crippen LogP contribution >= 0.6 is 12.4 Å². The Morgan fingerprint density at radius 2 is 2.00 bits per heavy atom. The van der Waals surface area contributed by atoms with Crippen LogP contribution in [0.3, 0.4) is 0 Å². The van der Waals surface area contributed by atoms with E-state index in [1.165, 1.54) is 6.07 Å². The molecule has 1 aromatic heterocycles. The fourth-order valence-corrected chi connectivity index (χ4v) is 4.47. The zero-order valence-electron chi connectivity index (χ0n) is 17.1. The van der Waals surface area contributed by atoms with Crippen molar-refractivity contribution in [1.82, 2.24) is 15.2 Å². The molecule has 0 unspecified atom stereocenters. The van der Waals surface area contributed by atoms with E-state index in [9.17, 15) is 23.2 Å². The second-order valence-corrected chi connectivity index (χ2v) is 8.09. The molecule has 2 aliphatic heterocycles. The Hall–Kier alpha value is -2.63. The van der Waals surface area contributed by atoms with Crippen molar-refractivity contribution < 1.29 is 18.0 Å². The maximum Gasteiger partial charge on any atom is 0.416 e. The maximum absolute atomic E-state index is 13.2. The molecular weight excluding hydrogens is 429 g/mol. The zero-order chi connectivity index (χ0) is 21.7. The first kappa shape index (κ1) is 23.0. The van der Waals surface area contributed by atoms with Crippen LogP contribution in [0.2, 0.25) is 0 Å². The number of hydrogen-bond acceptors (Lipinski definition) is 4. The van der Waals surface area contributed by atoms with Crippen molar-refractivity contribution in [2.45, 2.75) is 43.9 Å². The minimum absolute atomic E-state index is 0. The van der Waals surface area contributed by atoms with Crippen LogP contribution in [0.4, 0.5) is 13.2 Å². The predicted molar refractivity (Wildman–Crippen MR) is 111 cm³/mol. The molecule has 1 N–H and O–H groups in total. The number of rotatable bonds is 2. The molecule has 2 aromatic rings. The van der Waals surface area contributed by atoms with Crippen molar-refractivity contribution in [3.05, 3.63) is 52.8 Å². The van der Waals surface area contributed by atoms with Gasteiger partial charge in [0.05, 0.1) is 28.9 Å². The Morgan fingerprint density at radius 1 is 1.26 bits per heavy atom. The third-order valence-corrected chi connectivity index (χ3v) is 6.05. The third kappa shape index (κ3) is 4.12. The number of aromatic nitrogens is 1. The van der Waals surface area contributed by atoms with E-state index in [0.717, 1.165) is 18.6 Å². The second-order valence-electron chi connectivity index (χ2n) is 8.09. The largest absolute Gasteiger partial charge is 0.416 e. The first-order valence-electron chi connectivity index (χ1n) is 9.76. The van der Waals surface area contributed by atoms with Crippen LogP contribution in [0, 0.1) is 18.3 Å².